The highest BCUT2D eigenvalue weighted by atomic mass is 32.1. The molecule has 4 aromatic rings. The molecule has 0 spiro atoms. The van der Waals surface area contributed by atoms with Gasteiger partial charge in [0.05, 0.1) is 0 Å². The summed E-state index contributed by atoms with van der Waals surface area (Å²) in [4.78, 5) is 25.1. The minimum Gasteiger partial charge on any atom is -0.422 e. The average Bonchev–Trinajstić information content (AvgIpc) is 3.37. The molecule has 1 N–H and O–H groups in total. The molecule has 2 aromatic heterocycles. The Bertz CT molecular complexity index is 1190. The van der Waals surface area contributed by atoms with Gasteiger partial charge in [-0.3, -0.25) is 4.79 Å². The van der Waals surface area contributed by atoms with E-state index in [1.54, 1.807) is 6.07 Å². The number of thiophene rings is 1. The van der Waals surface area contributed by atoms with Crippen molar-refractivity contribution in [2.75, 3.05) is 5.32 Å². The molecule has 2 unspecified atom stereocenters. The SMILES string of the molecule is O=C(Nc1scc2c1c(=O)oc1ccccc12)C1CC1c1ccccc1. The van der Waals surface area contributed by atoms with Crippen LogP contribution in [0.3, 0.4) is 0 Å². The van der Waals surface area contributed by atoms with Gasteiger partial charge in [0.1, 0.15) is 16.0 Å². The van der Waals surface area contributed by atoms with E-state index in [-0.39, 0.29) is 17.7 Å². The third kappa shape index (κ3) is 2.44. The minimum atomic E-state index is -0.411. The van der Waals surface area contributed by atoms with Crippen molar-refractivity contribution < 1.29 is 9.21 Å². The second kappa shape index (κ2) is 5.81. The van der Waals surface area contributed by atoms with E-state index in [4.69, 9.17) is 4.42 Å². The van der Waals surface area contributed by atoms with Crippen molar-refractivity contribution in [1.29, 1.82) is 0 Å². The van der Waals surface area contributed by atoms with Crippen molar-refractivity contribution >= 4 is 44.0 Å². The van der Waals surface area contributed by atoms with E-state index in [1.165, 1.54) is 16.9 Å². The van der Waals surface area contributed by atoms with Crippen LogP contribution in [0.5, 0.6) is 0 Å². The molecule has 5 rings (SSSR count). The molecule has 0 saturated heterocycles. The van der Waals surface area contributed by atoms with Crippen molar-refractivity contribution in [3.8, 4) is 0 Å². The van der Waals surface area contributed by atoms with Crippen molar-refractivity contribution in [1.82, 2.24) is 0 Å². The lowest BCUT2D eigenvalue weighted by atomic mass is 10.1. The first-order valence-electron chi connectivity index (χ1n) is 8.51. The normalized spacial score (nSPS) is 18.9. The van der Waals surface area contributed by atoms with E-state index in [1.807, 2.05) is 41.8 Å². The third-order valence-corrected chi connectivity index (χ3v) is 5.86. The quantitative estimate of drug-likeness (QED) is 0.536. The summed E-state index contributed by atoms with van der Waals surface area (Å²) in [6.07, 6.45) is 0.844. The van der Waals surface area contributed by atoms with Gasteiger partial charge in [0.15, 0.2) is 0 Å². The molecule has 128 valence electrons. The van der Waals surface area contributed by atoms with Crippen LogP contribution in [-0.4, -0.2) is 5.91 Å². The van der Waals surface area contributed by atoms with Gasteiger partial charge < -0.3 is 9.73 Å². The van der Waals surface area contributed by atoms with E-state index < -0.39 is 5.63 Å². The number of rotatable bonds is 3. The average molecular weight is 361 g/mol. The molecule has 1 saturated carbocycles. The molecular weight excluding hydrogens is 346 g/mol. The van der Waals surface area contributed by atoms with Crippen molar-refractivity contribution in [3.05, 3.63) is 76.0 Å². The Morgan fingerprint density at radius 3 is 2.65 bits per heavy atom. The molecule has 2 heterocycles. The zero-order chi connectivity index (χ0) is 17.7. The Labute approximate surface area is 153 Å². The highest BCUT2D eigenvalue weighted by molar-refractivity contribution is 7.16. The zero-order valence-electron chi connectivity index (χ0n) is 13.8. The van der Waals surface area contributed by atoms with Crippen LogP contribution in [0.2, 0.25) is 0 Å². The summed E-state index contributed by atoms with van der Waals surface area (Å²) < 4.78 is 5.42. The van der Waals surface area contributed by atoms with Crippen molar-refractivity contribution in [2.45, 2.75) is 12.3 Å². The number of benzene rings is 2. The second-order valence-corrected chi connectivity index (χ2v) is 7.47. The monoisotopic (exact) mass is 361 g/mol. The van der Waals surface area contributed by atoms with E-state index in [0.717, 1.165) is 17.2 Å². The molecule has 1 amide bonds. The van der Waals surface area contributed by atoms with Gasteiger partial charge in [0.25, 0.3) is 0 Å². The summed E-state index contributed by atoms with van der Waals surface area (Å²) in [5, 5.41) is 7.60. The maximum Gasteiger partial charge on any atom is 0.347 e. The summed E-state index contributed by atoms with van der Waals surface area (Å²) in [5.41, 5.74) is 1.34. The molecule has 0 aliphatic heterocycles. The highest BCUT2D eigenvalue weighted by Crippen LogP contribution is 2.48. The van der Waals surface area contributed by atoms with Crippen LogP contribution in [0.4, 0.5) is 5.00 Å². The van der Waals surface area contributed by atoms with E-state index >= 15 is 0 Å². The number of hydrogen-bond acceptors (Lipinski definition) is 4. The summed E-state index contributed by atoms with van der Waals surface area (Å²) in [6, 6.07) is 17.5. The molecule has 1 aliphatic rings. The fourth-order valence-corrected chi connectivity index (χ4v) is 4.49. The van der Waals surface area contributed by atoms with E-state index in [0.29, 0.717) is 16.0 Å². The van der Waals surface area contributed by atoms with Crippen LogP contribution < -0.4 is 10.9 Å². The lowest BCUT2D eigenvalue weighted by molar-refractivity contribution is -0.117. The molecule has 0 bridgehead atoms. The van der Waals surface area contributed by atoms with Gasteiger partial charge in [0, 0.05) is 22.1 Å². The van der Waals surface area contributed by atoms with Gasteiger partial charge in [-0.15, -0.1) is 11.3 Å². The lowest BCUT2D eigenvalue weighted by Crippen LogP contribution is -2.15. The predicted octanol–water partition coefficient (Wildman–Crippen LogP) is 4.75. The molecule has 2 aromatic carbocycles. The summed E-state index contributed by atoms with van der Waals surface area (Å²) in [7, 11) is 0. The van der Waals surface area contributed by atoms with Gasteiger partial charge >= 0.3 is 5.63 Å². The zero-order valence-corrected chi connectivity index (χ0v) is 14.6. The summed E-state index contributed by atoms with van der Waals surface area (Å²) in [5.74, 6) is 0.192. The molecule has 2 atom stereocenters. The Morgan fingerprint density at radius 1 is 1.04 bits per heavy atom. The van der Waals surface area contributed by atoms with Gasteiger partial charge in [-0.25, -0.2) is 4.79 Å². The molecule has 1 aliphatic carbocycles. The fraction of sp³-hybridized carbons (Fsp3) is 0.143. The number of hydrogen-bond donors (Lipinski definition) is 1. The first-order chi connectivity index (χ1) is 12.7. The summed E-state index contributed by atoms with van der Waals surface area (Å²) in [6.45, 7) is 0. The van der Waals surface area contributed by atoms with Crippen LogP contribution in [0.25, 0.3) is 21.7 Å². The Morgan fingerprint density at radius 2 is 1.81 bits per heavy atom. The van der Waals surface area contributed by atoms with Crippen LogP contribution in [-0.2, 0) is 4.79 Å². The Balaban J connectivity index is 1.46. The van der Waals surface area contributed by atoms with Crippen LogP contribution in [0, 0.1) is 5.92 Å². The number of para-hydroxylation sites is 1. The van der Waals surface area contributed by atoms with Gasteiger partial charge in [-0.05, 0) is 24.0 Å². The first-order valence-corrected chi connectivity index (χ1v) is 9.39. The maximum absolute atomic E-state index is 12.6. The third-order valence-electron chi connectivity index (χ3n) is 4.97. The number of carbonyl (C=O) groups excluding carboxylic acids is 1. The number of carbonyl (C=O) groups is 1. The number of fused-ring (bicyclic) bond motifs is 3. The fourth-order valence-electron chi connectivity index (χ4n) is 3.54. The molecule has 5 heteroatoms. The lowest BCUT2D eigenvalue weighted by Gasteiger charge is -2.04. The smallest absolute Gasteiger partial charge is 0.347 e. The number of anilines is 1. The first kappa shape index (κ1) is 15.3. The standard InChI is InChI=1S/C21H15NO3S/c23-19(15-10-14(15)12-6-2-1-3-7-12)22-20-18-16(11-26-20)13-8-4-5-9-17(13)25-21(18)24/h1-9,11,14-15H,10H2,(H,22,23). The minimum absolute atomic E-state index is 0.0323. The van der Waals surface area contributed by atoms with Crippen molar-refractivity contribution in [3.63, 3.8) is 0 Å². The van der Waals surface area contributed by atoms with Crippen LogP contribution >= 0.6 is 11.3 Å². The predicted molar refractivity (Wildman–Crippen MR) is 104 cm³/mol. The summed E-state index contributed by atoms with van der Waals surface area (Å²) >= 11 is 1.37. The Hall–Kier alpha value is -2.92. The van der Waals surface area contributed by atoms with Crippen LogP contribution in [0.1, 0.15) is 17.9 Å². The van der Waals surface area contributed by atoms with Crippen LogP contribution in [0.15, 0.2) is 69.2 Å². The highest BCUT2D eigenvalue weighted by Gasteiger charge is 2.44. The number of amides is 1. The molecule has 1 fully saturated rings. The Kier molecular flexibility index (Phi) is 3.43. The second-order valence-electron chi connectivity index (χ2n) is 6.59. The molecule has 26 heavy (non-hydrogen) atoms. The van der Waals surface area contributed by atoms with E-state index in [2.05, 4.69) is 17.4 Å². The topological polar surface area (TPSA) is 59.3 Å². The van der Waals surface area contributed by atoms with E-state index in [9.17, 15) is 9.59 Å². The number of nitrogens with one attached hydrogen (secondary N) is 1. The van der Waals surface area contributed by atoms with Gasteiger partial charge in [-0.2, -0.15) is 0 Å². The molecule has 4 nitrogen and oxygen atoms in total. The molecular formula is C21H15NO3S. The maximum atomic E-state index is 12.6. The molecule has 0 radical (unpaired) electrons. The van der Waals surface area contributed by atoms with Gasteiger partial charge in [-0.1, -0.05) is 48.5 Å². The van der Waals surface area contributed by atoms with Gasteiger partial charge in [0.2, 0.25) is 5.91 Å². The van der Waals surface area contributed by atoms with Crippen molar-refractivity contribution in [2.24, 2.45) is 5.92 Å². The largest absolute Gasteiger partial charge is 0.422 e.